The van der Waals surface area contributed by atoms with E-state index in [9.17, 15) is 74.4 Å². The van der Waals surface area contributed by atoms with E-state index < -0.39 is 87.3 Å². The molecule has 8 rings (SSSR count). The topological polar surface area (TPSA) is 403 Å². The highest BCUT2D eigenvalue weighted by Crippen LogP contribution is 2.36. The van der Waals surface area contributed by atoms with Crippen LogP contribution in [0.15, 0.2) is 48.5 Å². The Balaban J connectivity index is 1.22. The number of hydrogen-bond donors (Lipinski definition) is 16. The van der Waals surface area contributed by atoms with Gasteiger partial charge in [-0.25, -0.2) is 0 Å². The summed E-state index contributed by atoms with van der Waals surface area (Å²) in [5.74, 6) is -10.7. The van der Waals surface area contributed by atoms with Crippen LogP contribution in [0.25, 0.3) is 0 Å². The molecule has 0 radical (unpaired) electrons. The van der Waals surface area contributed by atoms with Crippen LogP contribution in [0.3, 0.4) is 0 Å². The molecule has 4 aliphatic heterocycles. The fourth-order valence-electron chi connectivity index (χ4n) is 8.81. The van der Waals surface area contributed by atoms with Gasteiger partial charge in [0, 0.05) is 78.7 Å². The zero-order chi connectivity index (χ0) is 60.4. The molecular weight excluding hydrogens is 1080 g/mol. The van der Waals surface area contributed by atoms with Crippen molar-refractivity contribution in [1.82, 2.24) is 52.3 Å². The molecule has 4 aromatic rings. The molecule has 0 spiro atoms. The van der Waals surface area contributed by atoms with E-state index in [1.807, 2.05) is 9.80 Å². The Morgan fingerprint density at radius 1 is 0.434 bits per heavy atom. The van der Waals surface area contributed by atoms with Crippen LogP contribution in [-0.2, 0) is 16.0 Å². The third kappa shape index (κ3) is 19.0. The number of nitrogens with zero attached hydrogens (tertiary/aromatic N) is 2. The average molecular weight is 1160 g/mol. The highest BCUT2D eigenvalue weighted by molar-refractivity contribution is 6.05. The van der Waals surface area contributed by atoms with Gasteiger partial charge in [-0.15, -0.1) is 0 Å². The van der Waals surface area contributed by atoms with Crippen molar-refractivity contribution in [2.45, 2.75) is 45.1 Å². The van der Waals surface area contributed by atoms with E-state index in [0.717, 1.165) is 0 Å². The zero-order valence-electron chi connectivity index (χ0n) is 46.5. The summed E-state index contributed by atoms with van der Waals surface area (Å²) >= 11 is 0. The van der Waals surface area contributed by atoms with E-state index in [4.69, 9.17) is 9.47 Å². The first kappa shape index (κ1) is 65.2. The van der Waals surface area contributed by atoms with Crippen LogP contribution in [0.1, 0.15) is 117 Å². The van der Waals surface area contributed by atoms with Crippen LogP contribution in [0.2, 0.25) is 0 Å². The number of methoxy groups -OCH3 is 2. The number of rotatable bonds is 19. The van der Waals surface area contributed by atoms with E-state index in [0.29, 0.717) is 96.5 Å². The summed E-state index contributed by atoms with van der Waals surface area (Å²) in [5.41, 5.74) is -1.36. The van der Waals surface area contributed by atoms with Crippen molar-refractivity contribution < 1.29 is 83.9 Å². The molecule has 0 atom stereocenters. The van der Waals surface area contributed by atoms with Gasteiger partial charge < -0.3 is 103 Å². The lowest BCUT2D eigenvalue weighted by Gasteiger charge is -2.23. The number of hydrogen-bond acceptors (Lipinski definition) is 20. The lowest BCUT2D eigenvalue weighted by atomic mass is 10.1. The largest absolute Gasteiger partial charge is 0.504 e. The predicted octanol–water partition coefficient (Wildman–Crippen LogP) is 0.881. The molecule has 0 saturated heterocycles. The number of benzene rings is 4. The molecule has 0 unspecified atom stereocenters. The van der Waals surface area contributed by atoms with E-state index >= 15 is 0 Å². The average Bonchev–Trinajstić information content (AvgIpc) is 3.66. The molecule has 452 valence electrons. The Morgan fingerprint density at radius 2 is 0.747 bits per heavy atom. The van der Waals surface area contributed by atoms with Crippen LogP contribution in [-0.4, -0.2) is 211 Å². The van der Waals surface area contributed by atoms with Gasteiger partial charge in [0.1, 0.15) is 0 Å². The number of phenolic OH excluding ortho intramolecular Hbond substituents is 8. The molecule has 4 bridgehead atoms. The first-order chi connectivity index (χ1) is 39.9. The Bertz CT molecular complexity index is 2810. The van der Waals surface area contributed by atoms with Crippen molar-refractivity contribution in [1.29, 1.82) is 0 Å². The smallest absolute Gasteiger partial charge is 0.255 e. The predicted molar refractivity (Wildman–Crippen MR) is 301 cm³/mol. The van der Waals surface area contributed by atoms with Gasteiger partial charge in [0.15, 0.2) is 46.0 Å². The maximum absolute atomic E-state index is 13.2. The summed E-state index contributed by atoms with van der Waals surface area (Å²) in [4.78, 5) is 95.5. The third-order valence-electron chi connectivity index (χ3n) is 13.4. The van der Waals surface area contributed by atoms with Crippen molar-refractivity contribution >= 4 is 41.4 Å². The highest BCUT2D eigenvalue weighted by atomic mass is 16.5. The summed E-state index contributed by atoms with van der Waals surface area (Å²) in [6, 6.07) is 10.2. The first-order valence-electron chi connectivity index (χ1n) is 27.2. The van der Waals surface area contributed by atoms with Gasteiger partial charge >= 0.3 is 0 Å². The van der Waals surface area contributed by atoms with Gasteiger partial charge in [0.05, 0.1) is 52.2 Å². The van der Waals surface area contributed by atoms with Gasteiger partial charge in [-0.2, -0.15) is 0 Å². The van der Waals surface area contributed by atoms with Crippen LogP contribution in [0.5, 0.6) is 46.0 Å². The fraction of sp³-hybridized carbons (Fsp3) is 0.446. The first-order valence-corrected chi connectivity index (χ1v) is 27.2. The van der Waals surface area contributed by atoms with Crippen LogP contribution in [0, 0.1) is 0 Å². The van der Waals surface area contributed by atoms with Crippen molar-refractivity contribution in [3.05, 3.63) is 93.0 Å². The SMILES string of the molecule is COCCNCc1ccc(C(=O)NCCCN2CCCNC(=O)c3ccc(c(O)c3O)C(=O)NCCCN(CCCNC(=O)c3ccc(C(=O)NCCOC)c(O)c3O)CCCNC(=O)c3ccc(c(O)c3O)C(=O)NCCC2)c(O)c1O. The summed E-state index contributed by atoms with van der Waals surface area (Å²) in [7, 11) is 3.00. The van der Waals surface area contributed by atoms with Gasteiger partial charge in [0.25, 0.3) is 41.4 Å². The van der Waals surface area contributed by atoms with Crippen molar-refractivity contribution in [2.24, 2.45) is 0 Å². The molecule has 0 aromatic heterocycles. The molecule has 0 saturated carbocycles. The molecule has 16 N–H and O–H groups in total. The van der Waals surface area contributed by atoms with Crippen LogP contribution in [0.4, 0.5) is 0 Å². The minimum Gasteiger partial charge on any atom is -0.504 e. The summed E-state index contributed by atoms with van der Waals surface area (Å²) in [6.07, 6.45) is 2.27. The molecular formula is C56H76N10O17. The maximum atomic E-state index is 13.2. The Morgan fingerprint density at radius 3 is 1.10 bits per heavy atom. The zero-order valence-corrected chi connectivity index (χ0v) is 46.5. The summed E-state index contributed by atoms with van der Waals surface area (Å²) < 4.78 is 9.89. The van der Waals surface area contributed by atoms with Gasteiger partial charge in [-0.3, -0.25) is 33.6 Å². The molecule has 7 amide bonds. The lowest BCUT2D eigenvalue weighted by Crippen LogP contribution is -2.35. The van der Waals surface area contributed by atoms with Crippen molar-refractivity contribution in [3.8, 4) is 46.0 Å². The van der Waals surface area contributed by atoms with E-state index in [-0.39, 0.29) is 97.9 Å². The Hall–Kier alpha value is -8.63. The number of aromatic hydroxyl groups is 8. The molecule has 4 aromatic carbocycles. The van der Waals surface area contributed by atoms with Crippen LogP contribution < -0.4 is 42.5 Å². The second kappa shape index (κ2) is 33.3. The van der Waals surface area contributed by atoms with Gasteiger partial charge in [-0.05, 0) is 120 Å². The molecule has 0 fully saturated rings. The second-order valence-electron chi connectivity index (χ2n) is 19.3. The van der Waals surface area contributed by atoms with Crippen molar-refractivity contribution in [3.63, 3.8) is 0 Å². The normalized spacial score (nSPS) is 14.9. The number of nitrogens with one attached hydrogen (secondary N) is 8. The number of ether oxygens (including phenoxy) is 2. The molecule has 4 aliphatic rings. The number of phenols is 8. The van der Waals surface area contributed by atoms with Crippen molar-refractivity contribution in [2.75, 3.05) is 119 Å². The summed E-state index contributed by atoms with van der Waals surface area (Å²) in [5, 5.41) is 107. The third-order valence-corrected chi connectivity index (χ3v) is 13.4. The highest BCUT2D eigenvalue weighted by Gasteiger charge is 2.25. The minimum absolute atomic E-state index is 0.0933. The van der Waals surface area contributed by atoms with Gasteiger partial charge in [-0.1, -0.05) is 6.07 Å². The maximum Gasteiger partial charge on any atom is 0.255 e. The minimum atomic E-state index is -0.803. The van der Waals surface area contributed by atoms with E-state index in [2.05, 4.69) is 42.5 Å². The lowest BCUT2D eigenvalue weighted by molar-refractivity contribution is 0.0924. The number of carbonyl (C=O) groups is 7. The quantitative estimate of drug-likeness (QED) is 0.0458. The fourth-order valence-corrected chi connectivity index (χ4v) is 8.81. The Labute approximate surface area is 479 Å². The molecule has 27 heteroatoms. The standard InChI is InChI=1S/C56H76N10O17/c1-82-31-23-57-33-34-9-10-35(43(68)42(34)67)50(75)58-17-3-25-65-26-4-18-59-51(76)36-11-13-38(46(71)44(36)69)53(78)61-20-6-28-66(29-7-21-62-54(79)39-14-12-37(45(70)47(39)72)52(77)60-19-5-27-65)30-8-22-63-55(80)40-15-16-41(49(74)48(40)73)56(81)64-24-32-83-2/h9-16,57,67-74H,3-8,17-33H2,1-2H3,(H,58,75)(H,59,76)(H,60,77)(H,61,78)(H,62,79)(H,63,80)(H,64,81). The van der Waals surface area contributed by atoms with Crippen LogP contribution >= 0.6 is 0 Å². The number of amides is 7. The Kier molecular flexibility index (Phi) is 26.2. The van der Waals surface area contributed by atoms with E-state index in [1.54, 1.807) is 7.11 Å². The summed E-state index contributed by atoms with van der Waals surface area (Å²) in [6.45, 7) is 4.56. The molecule has 0 aliphatic carbocycles. The number of carbonyl (C=O) groups excluding carboxylic acids is 7. The monoisotopic (exact) mass is 1160 g/mol. The van der Waals surface area contributed by atoms with Gasteiger partial charge in [0.2, 0.25) is 0 Å². The second-order valence-corrected chi connectivity index (χ2v) is 19.3. The molecule has 4 heterocycles. The van der Waals surface area contributed by atoms with E-state index in [1.165, 1.54) is 55.6 Å². The molecule has 27 nitrogen and oxygen atoms in total. The molecule has 83 heavy (non-hydrogen) atoms.